The van der Waals surface area contributed by atoms with Gasteiger partial charge in [-0.05, 0) is 19.1 Å². The van der Waals surface area contributed by atoms with Gasteiger partial charge in [0.1, 0.15) is 12.1 Å². The van der Waals surface area contributed by atoms with E-state index in [2.05, 4.69) is 20.4 Å². The Balaban J connectivity index is 1.67. The van der Waals surface area contributed by atoms with Crippen molar-refractivity contribution in [2.75, 3.05) is 11.9 Å². The van der Waals surface area contributed by atoms with Gasteiger partial charge in [-0.1, -0.05) is 17.3 Å². The number of rotatable bonds is 4. The number of benzene rings is 1. The molecule has 2 aromatic heterocycles. The molecule has 0 saturated heterocycles. The minimum atomic E-state index is -0.342. The normalized spacial score (nSPS) is 10.5. The van der Waals surface area contributed by atoms with Crippen LogP contribution in [0.5, 0.6) is 5.88 Å². The molecule has 0 spiro atoms. The lowest BCUT2D eigenvalue weighted by atomic mass is 10.2. The average molecular weight is 284 g/mol. The van der Waals surface area contributed by atoms with Gasteiger partial charge in [0.05, 0.1) is 10.9 Å². The van der Waals surface area contributed by atoms with Crippen LogP contribution in [0.15, 0.2) is 41.2 Å². The summed E-state index contributed by atoms with van der Waals surface area (Å²) < 4.78 is 10.3. The molecule has 0 bridgehead atoms. The summed E-state index contributed by atoms with van der Waals surface area (Å²) >= 11 is 0. The van der Waals surface area contributed by atoms with Crippen molar-refractivity contribution in [3.8, 4) is 5.88 Å². The first-order chi connectivity index (χ1) is 10.2. The van der Waals surface area contributed by atoms with Gasteiger partial charge in [-0.25, -0.2) is 9.97 Å². The molecule has 0 radical (unpaired) electrons. The van der Waals surface area contributed by atoms with Crippen LogP contribution >= 0.6 is 0 Å². The Labute approximate surface area is 119 Å². The SMILES string of the molecule is Cc1cc(NC(=O)COc2ncnc3ccccc23)no1. The van der Waals surface area contributed by atoms with Crippen molar-refractivity contribution < 1.29 is 14.1 Å². The number of anilines is 1. The number of nitrogens with one attached hydrogen (secondary N) is 1. The molecule has 0 unspecified atom stereocenters. The third kappa shape index (κ3) is 2.97. The number of hydrogen-bond donors (Lipinski definition) is 1. The number of fused-ring (bicyclic) bond motifs is 1. The first-order valence-electron chi connectivity index (χ1n) is 6.28. The highest BCUT2D eigenvalue weighted by atomic mass is 16.5. The van der Waals surface area contributed by atoms with Crippen LogP contribution in [-0.4, -0.2) is 27.6 Å². The molecule has 0 saturated carbocycles. The smallest absolute Gasteiger partial charge is 0.263 e. The molecular weight excluding hydrogens is 272 g/mol. The Morgan fingerprint density at radius 1 is 1.33 bits per heavy atom. The highest BCUT2D eigenvalue weighted by Gasteiger charge is 2.09. The predicted molar refractivity (Wildman–Crippen MR) is 74.9 cm³/mol. The van der Waals surface area contributed by atoms with Gasteiger partial charge >= 0.3 is 0 Å². The van der Waals surface area contributed by atoms with Gasteiger partial charge < -0.3 is 14.6 Å². The summed E-state index contributed by atoms with van der Waals surface area (Å²) in [5, 5.41) is 7.00. The van der Waals surface area contributed by atoms with Crippen LogP contribution in [0.25, 0.3) is 10.9 Å². The summed E-state index contributed by atoms with van der Waals surface area (Å²) in [6.45, 7) is 1.57. The molecular formula is C14H12N4O3. The molecule has 0 atom stereocenters. The summed E-state index contributed by atoms with van der Waals surface area (Å²) in [5.74, 6) is 1.000. The topological polar surface area (TPSA) is 90.1 Å². The zero-order valence-corrected chi connectivity index (χ0v) is 11.2. The van der Waals surface area contributed by atoms with Crippen molar-refractivity contribution in [1.29, 1.82) is 0 Å². The molecule has 2 heterocycles. The Kier molecular flexibility index (Phi) is 3.46. The molecule has 3 aromatic rings. The van der Waals surface area contributed by atoms with E-state index >= 15 is 0 Å². The molecule has 7 nitrogen and oxygen atoms in total. The van der Waals surface area contributed by atoms with Crippen molar-refractivity contribution in [3.05, 3.63) is 42.4 Å². The predicted octanol–water partition coefficient (Wildman–Crippen LogP) is 1.94. The van der Waals surface area contributed by atoms with Gasteiger partial charge in [-0.2, -0.15) is 0 Å². The number of ether oxygens (including phenoxy) is 1. The molecule has 3 rings (SSSR count). The number of amides is 1. The number of aryl methyl sites for hydroxylation is 1. The maximum absolute atomic E-state index is 11.8. The van der Waals surface area contributed by atoms with Crippen LogP contribution in [0, 0.1) is 6.92 Å². The second kappa shape index (κ2) is 5.58. The summed E-state index contributed by atoms with van der Waals surface area (Å²) in [4.78, 5) is 19.9. The number of hydrogen-bond acceptors (Lipinski definition) is 6. The van der Waals surface area contributed by atoms with E-state index < -0.39 is 0 Å². The maximum atomic E-state index is 11.8. The number of aromatic nitrogens is 3. The summed E-state index contributed by atoms with van der Waals surface area (Å²) in [5.41, 5.74) is 0.759. The van der Waals surface area contributed by atoms with Gasteiger partial charge in [0, 0.05) is 6.07 Å². The Morgan fingerprint density at radius 2 is 2.19 bits per heavy atom. The van der Waals surface area contributed by atoms with Crippen molar-refractivity contribution >= 4 is 22.6 Å². The van der Waals surface area contributed by atoms with E-state index in [-0.39, 0.29) is 12.5 Å². The first-order valence-corrected chi connectivity index (χ1v) is 6.28. The second-order valence-corrected chi connectivity index (χ2v) is 4.36. The fraction of sp³-hybridized carbons (Fsp3) is 0.143. The molecule has 1 aromatic carbocycles. The Hall–Kier alpha value is -2.96. The van der Waals surface area contributed by atoms with E-state index in [1.807, 2.05) is 24.3 Å². The largest absolute Gasteiger partial charge is 0.467 e. The van der Waals surface area contributed by atoms with Crippen molar-refractivity contribution in [1.82, 2.24) is 15.1 Å². The second-order valence-electron chi connectivity index (χ2n) is 4.36. The fourth-order valence-corrected chi connectivity index (χ4v) is 1.83. The lowest BCUT2D eigenvalue weighted by Crippen LogP contribution is -2.20. The minimum absolute atomic E-state index is 0.174. The minimum Gasteiger partial charge on any atom is -0.467 e. The monoisotopic (exact) mass is 284 g/mol. The summed E-state index contributed by atoms with van der Waals surface area (Å²) in [6, 6.07) is 9.04. The van der Waals surface area contributed by atoms with Crippen molar-refractivity contribution in [3.63, 3.8) is 0 Å². The quantitative estimate of drug-likeness (QED) is 0.787. The summed E-state index contributed by atoms with van der Waals surface area (Å²) in [6.07, 6.45) is 1.40. The lowest BCUT2D eigenvalue weighted by molar-refractivity contribution is -0.118. The van der Waals surface area contributed by atoms with Gasteiger partial charge in [-0.3, -0.25) is 4.79 Å². The van der Waals surface area contributed by atoms with Crippen LogP contribution in [0.2, 0.25) is 0 Å². The van der Waals surface area contributed by atoms with E-state index in [1.165, 1.54) is 6.33 Å². The van der Waals surface area contributed by atoms with E-state index in [4.69, 9.17) is 9.26 Å². The molecule has 0 aliphatic rings. The zero-order valence-electron chi connectivity index (χ0n) is 11.2. The molecule has 0 aliphatic carbocycles. The first kappa shape index (κ1) is 13.0. The Morgan fingerprint density at radius 3 is 3.00 bits per heavy atom. The molecule has 0 fully saturated rings. The number of carbonyl (C=O) groups excluding carboxylic acids is 1. The molecule has 0 aliphatic heterocycles. The number of nitrogens with zero attached hydrogens (tertiary/aromatic N) is 3. The summed E-state index contributed by atoms with van der Waals surface area (Å²) in [7, 11) is 0. The number of para-hydroxylation sites is 1. The van der Waals surface area contributed by atoms with Crippen LogP contribution in [-0.2, 0) is 4.79 Å². The average Bonchev–Trinajstić information content (AvgIpc) is 2.90. The molecule has 21 heavy (non-hydrogen) atoms. The van der Waals surface area contributed by atoms with E-state index in [1.54, 1.807) is 13.0 Å². The van der Waals surface area contributed by atoms with E-state index in [0.29, 0.717) is 17.5 Å². The van der Waals surface area contributed by atoms with E-state index in [0.717, 1.165) is 10.9 Å². The van der Waals surface area contributed by atoms with Crippen LogP contribution in [0.1, 0.15) is 5.76 Å². The van der Waals surface area contributed by atoms with Gasteiger partial charge in [0.15, 0.2) is 12.4 Å². The third-order valence-electron chi connectivity index (χ3n) is 2.74. The van der Waals surface area contributed by atoms with Gasteiger partial charge in [0.25, 0.3) is 5.91 Å². The van der Waals surface area contributed by atoms with Crippen molar-refractivity contribution in [2.24, 2.45) is 0 Å². The molecule has 7 heteroatoms. The highest BCUT2D eigenvalue weighted by molar-refractivity contribution is 5.91. The van der Waals surface area contributed by atoms with Crippen molar-refractivity contribution in [2.45, 2.75) is 6.92 Å². The Bertz CT molecular complexity index is 779. The standard InChI is InChI=1S/C14H12N4O3/c1-9-6-12(18-21-9)17-13(19)7-20-14-10-4-2-3-5-11(10)15-8-16-14/h2-6,8H,7H2,1H3,(H,17,18,19). The fourth-order valence-electron chi connectivity index (χ4n) is 1.83. The van der Waals surface area contributed by atoms with Crippen LogP contribution in [0.4, 0.5) is 5.82 Å². The molecule has 106 valence electrons. The lowest BCUT2D eigenvalue weighted by Gasteiger charge is -2.06. The third-order valence-corrected chi connectivity index (χ3v) is 2.74. The van der Waals surface area contributed by atoms with Gasteiger partial charge in [-0.15, -0.1) is 0 Å². The van der Waals surface area contributed by atoms with Crippen LogP contribution < -0.4 is 10.1 Å². The molecule has 1 N–H and O–H groups in total. The highest BCUT2D eigenvalue weighted by Crippen LogP contribution is 2.20. The maximum Gasteiger partial charge on any atom is 0.263 e. The van der Waals surface area contributed by atoms with Gasteiger partial charge in [0.2, 0.25) is 5.88 Å². The van der Waals surface area contributed by atoms with Crippen LogP contribution in [0.3, 0.4) is 0 Å². The molecule has 1 amide bonds. The van der Waals surface area contributed by atoms with E-state index in [9.17, 15) is 4.79 Å². The number of carbonyl (C=O) groups is 1. The zero-order chi connectivity index (χ0) is 14.7.